The Morgan fingerprint density at radius 1 is 1.02 bits per heavy atom. The quantitative estimate of drug-likeness (QED) is 0.157. The molecular weight excluding hydrogens is 758 g/mol. The molecule has 0 spiro atoms. The molecule has 1 aromatic heterocycles. The van der Waals surface area contributed by atoms with Crippen LogP contribution in [0.4, 0.5) is 10.1 Å². The van der Waals surface area contributed by atoms with E-state index in [0.717, 1.165) is 16.3 Å². The number of ketones is 2. The first kappa shape index (κ1) is 42.0. The summed E-state index contributed by atoms with van der Waals surface area (Å²) in [5, 5.41) is 28.6. The average molecular weight is 810 g/mol. The number of benzene rings is 2. The summed E-state index contributed by atoms with van der Waals surface area (Å²) in [6, 6.07) is 14.5. The van der Waals surface area contributed by atoms with Crippen LogP contribution in [-0.4, -0.2) is 75.1 Å². The minimum absolute atomic E-state index is 0.0742. The van der Waals surface area contributed by atoms with Crippen molar-refractivity contribution in [2.24, 2.45) is 34.3 Å². The number of aliphatic hydroxyl groups excluding tert-OH is 1. The minimum Gasteiger partial charge on any atom is -0.461 e. The number of rotatable bonds is 13. The van der Waals surface area contributed by atoms with Gasteiger partial charge in [0.15, 0.2) is 18.1 Å². The molecule has 13 heteroatoms. The van der Waals surface area contributed by atoms with Crippen LogP contribution >= 0.6 is 0 Å². The van der Waals surface area contributed by atoms with Crippen LogP contribution in [0.5, 0.6) is 0 Å². The van der Waals surface area contributed by atoms with E-state index in [-0.39, 0.29) is 37.6 Å². The number of esters is 2. The van der Waals surface area contributed by atoms with Crippen LogP contribution in [0.1, 0.15) is 82.8 Å². The van der Waals surface area contributed by atoms with Gasteiger partial charge in [0.2, 0.25) is 11.7 Å². The van der Waals surface area contributed by atoms with Crippen LogP contribution in [-0.2, 0) is 40.1 Å². The number of carbonyl (C=O) groups excluding carboxylic acids is 5. The lowest BCUT2D eigenvalue weighted by Crippen LogP contribution is -2.69. The summed E-state index contributed by atoms with van der Waals surface area (Å²) in [7, 11) is 0. The van der Waals surface area contributed by atoms with Crippen LogP contribution in [0.2, 0.25) is 0 Å². The van der Waals surface area contributed by atoms with Crippen LogP contribution < -0.4 is 11.1 Å². The van der Waals surface area contributed by atoms with Gasteiger partial charge in [0.1, 0.15) is 12.2 Å². The molecule has 312 valence electrons. The number of halogens is 1. The van der Waals surface area contributed by atoms with Gasteiger partial charge in [0, 0.05) is 40.2 Å². The molecule has 5 N–H and O–H groups in total. The number of allylic oxidation sites excluding steroid dienone is 4. The standard InChI is InChI=1S/C46H52FN3O9/c1-27-20-37-36-11-9-32-22-34(51)14-17-43(32,2)45(36,47)38(52)23-44(37,3)46(27,57)39(53)26-59-41(55)13-12-40(54)58-25-28-4-6-29(7-5-28)35(15-18-48)42(56)50-33-10-8-31-24-49-19-16-30(31)21-33/h4-8,10,14,16-17,19,21-22,24,27,35-38,52,57H,9,11-13,15,18,20,23,25-26,48H2,1-3H3,(H,50,56)/t27-,35?,36+,37+,38+,43+,44+,45+,46+/m1/s1. The van der Waals surface area contributed by atoms with Gasteiger partial charge in [0.05, 0.1) is 24.9 Å². The number of aliphatic hydroxyl groups is 2. The Morgan fingerprint density at radius 2 is 1.75 bits per heavy atom. The third kappa shape index (κ3) is 7.31. The normalized spacial score (nSPS) is 31.3. The SMILES string of the molecule is C[C@@H]1C[C@H]2[C@@H]3CCC4=CC(=O)C=C[C@]4(C)[C@@]3(F)[C@@H](O)C[C@]2(C)[C@@]1(O)C(=O)COC(=O)CCC(=O)OCc1ccc(C(CCN)C(=O)Nc2ccc3cnccc3c2)cc1. The molecule has 0 bridgehead atoms. The Hall–Kier alpha value is -5.11. The van der Waals surface area contributed by atoms with E-state index in [1.165, 1.54) is 12.2 Å². The number of aromatic nitrogens is 1. The van der Waals surface area contributed by atoms with Crippen molar-refractivity contribution in [2.45, 2.75) is 95.6 Å². The zero-order valence-electron chi connectivity index (χ0n) is 33.6. The first-order chi connectivity index (χ1) is 28.0. The first-order valence-electron chi connectivity index (χ1n) is 20.4. The zero-order chi connectivity index (χ0) is 42.3. The summed E-state index contributed by atoms with van der Waals surface area (Å²) >= 11 is 0. The molecular formula is C46H52FN3O9. The highest BCUT2D eigenvalue weighted by atomic mass is 19.1. The van der Waals surface area contributed by atoms with Crippen molar-refractivity contribution in [3.05, 3.63) is 95.9 Å². The molecule has 1 heterocycles. The molecule has 1 unspecified atom stereocenters. The van der Waals surface area contributed by atoms with E-state index in [1.54, 1.807) is 63.5 Å². The molecule has 0 aliphatic heterocycles. The highest BCUT2D eigenvalue weighted by Crippen LogP contribution is 2.70. The molecule has 59 heavy (non-hydrogen) atoms. The van der Waals surface area contributed by atoms with Gasteiger partial charge in [0.25, 0.3) is 0 Å². The summed E-state index contributed by atoms with van der Waals surface area (Å²) in [5.41, 5.74) is 2.03. The fraction of sp³-hybridized carbons (Fsp3) is 0.478. The van der Waals surface area contributed by atoms with E-state index in [2.05, 4.69) is 10.3 Å². The van der Waals surface area contributed by atoms with Gasteiger partial charge in [-0.1, -0.05) is 55.8 Å². The maximum Gasteiger partial charge on any atom is 0.306 e. The number of ether oxygens (including phenoxy) is 2. The monoisotopic (exact) mass is 809 g/mol. The number of nitrogens with one attached hydrogen (secondary N) is 1. The van der Waals surface area contributed by atoms with Gasteiger partial charge in [-0.15, -0.1) is 0 Å². The predicted octanol–water partition coefficient (Wildman–Crippen LogP) is 5.59. The number of anilines is 1. The smallest absolute Gasteiger partial charge is 0.306 e. The summed E-state index contributed by atoms with van der Waals surface area (Å²) in [4.78, 5) is 68.6. The highest BCUT2D eigenvalue weighted by molar-refractivity contribution is 6.01. The second-order valence-corrected chi connectivity index (χ2v) is 17.2. The molecule has 0 radical (unpaired) electrons. The Bertz CT molecular complexity index is 2230. The molecule has 0 saturated heterocycles. The van der Waals surface area contributed by atoms with E-state index in [4.69, 9.17) is 15.2 Å². The number of nitrogens with zero attached hydrogens (tertiary/aromatic N) is 1. The summed E-state index contributed by atoms with van der Waals surface area (Å²) in [6.45, 7) is 4.61. The van der Waals surface area contributed by atoms with Gasteiger partial charge in [-0.05, 0) is 104 Å². The number of nitrogens with two attached hydrogens (primary N) is 1. The number of fused-ring (bicyclic) bond motifs is 6. The van der Waals surface area contributed by atoms with Gasteiger partial charge in [-0.2, -0.15) is 0 Å². The Morgan fingerprint density at radius 3 is 2.47 bits per heavy atom. The van der Waals surface area contributed by atoms with Crippen molar-refractivity contribution in [3.63, 3.8) is 0 Å². The van der Waals surface area contributed by atoms with Crippen molar-refractivity contribution in [1.82, 2.24) is 4.98 Å². The molecule has 3 aromatic rings. The van der Waals surface area contributed by atoms with Crippen LogP contribution in [0, 0.1) is 28.6 Å². The molecule has 3 fully saturated rings. The van der Waals surface area contributed by atoms with E-state index < -0.39 is 76.2 Å². The maximum absolute atomic E-state index is 17.4. The second kappa shape index (κ2) is 16.2. The summed E-state index contributed by atoms with van der Waals surface area (Å²) in [5.74, 6) is -4.93. The van der Waals surface area contributed by atoms with E-state index in [9.17, 15) is 34.2 Å². The van der Waals surface area contributed by atoms with Crippen molar-refractivity contribution in [1.29, 1.82) is 0 Å². The topological polar surface area (TPSA) is 195 Å². The van der Waals surface area contributed by atoms with Crippen molar-refractivity contribution >= 4 is 45.9 Å². The fourth-order valence-electron chi connectivity index (χ4n) is 10.8. The van der Waals surface area contributed by atoms with Gasteiger partial charge >= 0.3 is 11.9 Å². The number of Topliss-reactive ketones (excluding diaryl/α,β-unsaturated/α-hetero) is 1. The van der Waals surface area contributed by atoms with Gasteiger partial charge < -0.3 is 30.7 Å². The fourth-order valence-corrected chi connectivity index (χ4v) is 10.8. The number of amides is 1. The third-order valence-electron chi connectivity index (χ3n) is 14.0. The van der Waals surface area contributed by atoms with Crippen molar-refractivity contribution < 1.29 is 48.0 Å². The summed E-state index contributed by atoms with van der Waals surface area (Å²) in [6.07, 6.45) is 6.95. The zero-order valence-corrected chi connectivity index (χ0v) is 33.6. The highest BCUT2D eigenvalue weighted by Gasteiger charge is 2.75. The molecule has 3 saturated carbocycles. The van der Waals surface area contributed by atoms with E-state index >= 15 is 4.39 Å². The van der Waals surface area contributed by atoms with E-state index in [1.807, 2.05) is 24.3 Å². The Labute approximate surface area is 342 Å². The van der Waals surface area contributed by atoms with Gasteiger partial charge in [-0.25, -0.2) is 4.39 Å². The predicted molar refractivity (Wildman–Crippen MR) is 216 cm³/mol. The molecule has 12 nitrogen and oxygen atoms in total. The number of carbonyl (C=O) groups is 5. The van der Waals surface area contributed by atoms with Crippen LogP contribution in [0.3, 0.4) is 0 Å². The lowest BCUT2D eigenvalue weighted by atomic mass is 9.44. The second-order valence-electron chi connectivity index (χ2n) is 17.2. The number of pyridine rings is 1. The molecule has 9 atom stereocenters. The molecule has 1 amide bonds. The summed E-state index contributed by atoms with van der Waals surface area (Å²) < 4.78 is 28.1. The average Bonchev–Trinajstić information content (AvgIpc) is 3.42. The first-order valence-corrected chi connectivity index (χ1v) is 20.4. The molecule has 2 aromatic carbocycles. The molecule has 4 aliphatic carbocycles. The number of hydrogen-bond donors (Lipinski definition) is 4. The number of alkyl halides is 1. The van der Waals surface area contributed by atoms with E-state index in [0.29, 0.717) is 49.1 Å². The van der Waals surface area contributed by atoms with Crippen molar-refractivity contribution in [2.75, 3.05) is 18.5 Å². The van der Waals surface area contributed by atoms with Crippen LogP contribution in [0.25, 0.3) is 10.8 Å². The van der Waals surface area contributed by atoms with Crippen LogP contribution in [0.15, 0.2) is 84.7 Å². The van der Waals surface area contributed by atoms with Crippen molar-refractivity contribution in [3.8, 4) is 0 Å². The number of hydrogen-bond acceptors (Lipinski definition) is 11. The lowest BCUT2D eigenvalue weighted by molar-refractivity contribution is -0.220. The lowest BCUT2D eigenvalue weighted by Gasteiger charge is -2.62. The maximum atomic E-state index is 17.4. The Balaban J connectivity index is 0.895. The molecule has 7 rings (SSSR count). The third-order valence-corrected chi connectivity index (χ3v) is 14.0. The van der Waals surface area contributed by atoms with Gasteiger partial charge in [-0.3, -0.25) is 29.0 Å². The Kier molecular flexibility index (Phi) is 11.5. The largest absolute Gasteiger partial charge is 0.461 e. The molecule has 4 aliphatic rings. The minimum atomic E-state index is -2.11.